The zero-order valence-electron chi connectivity index (χ0n) is 16.5. The fourth-order valence-electron chi connectivity index (χ4n) is 3.33. The van der Waals surface area contributed by atoms with Gasteiger partial charge in [0, 0.05) is 35.3 Å². The number of amides is 1. The monoisotopic (exact) mass is 443 g/mol. The molecule has 0 radical (unpaired) electrons. The second kappa shape index (κ2) is 9.59. The highest BCUT2D eigenvalue weighted by Gasteiger charge is 2.22. The van der Waals surface area contributed by atoms with E-state index in [9.17, 15) is 4.79 Å². The fourth-order valence-corrected chi connectivity index (χ4v) is 4.25. The Bertz CT molecular complexity index is 1020. The Balaban J connectivity index is 1.49. The molecule has 0 aliphatic carbocycles. The van der Waals surface area contributed by atoms with E-state index >= 15 is 0 Å². The number of nitrogens with one attached hydrogen (secondary N) is 1. The first kappa shape index (κ1) is 20.8. The molecule has 1 fully saturated rings. The van der Waals surface area contributed by atoms with Gasteiger partial charge < -0.3 is 10.1 Å². The minimum absolute atomic E-state index is 0.123. The Morgan fingerprint density at radius 1 is 1.30 bits per heavy atom. The third kappa shape index (κ3) is 4.83. The number of aromatic nitrogens is 4. The average molecular weight is 444 g/mol. The highest BCUT2D eigenvalue weighted by molar-refractivity contribution is 7.99. The molecule has 1 aliphatic rings. The molecule has 1 N–H and O–H groups in total. The molecule has 1 saturated heterocycles. The smallest absolute Gasteiger partial charge is 0.234 e. The standard InChI is InChI=1S/C21H22ClN5O2S/c1-14-17(22)5-2-6-18(14)24-19(28)13-30-21-26-25-20(15-7-9-23-10-8-15)27(21)12-16-4-3-11-29-16/h2,5-10,16H,3-4,11-13H2,1H3,(H,24,28)/t16-/m0/s1. The van der Waals surface area contributed by atoms with Crippen LogP contribution in [0.5, 0.6) is 0 Å². The molecule has 156 valence electrons. The van der Waals surface area contributed by atoms with E-state index in [4.69, 9.17) is 16.3 Å². The lowest BCUT2D eigenvalue weighted by Gasteiger charge is -2.15. The summed E-state index contributed by atoms with van der Waals surface area (Å²) in [4.78, 5) is 16.6. The second-order valence-corrected chi connectivity index (χ2v) is 8.39. The van der Waals surface area contributed by atoms with Crippen molar-refractivity contribution in [1.82, 2.24) is 19.7 Å². The molecule has 0 unspecified atom stereocenters. The number of nitrogens with zero attached hydrogens (tertiary/aromatic N) is 4. The molecule has 1 amide bonds. The van der Waals surface area contributed by atoms with E-state index in [0.29, 0.717) is 22.4 Å². The fraction of sp³-hybridized carbons (Fsp3) is 0.333. The molecule has 3 aromatic rings. The zero-order valence-corrected chi connectivity index (χ0v) is 18.1. The summed E-state index contributed by atoms with van der Waals surface area (Å²) in [6, 6.07) is 9.26. The van der Waals surface area contributed by atoms with Gasteiger partial charge in [0.15, 0.2) is 11.0 Å². The van der Waals surface area contributed by atoms with Crippen LogP contribution in [-0.4, -0.2) is 44.1 Å². The molecule has 1 atom stereocenters. The summed E-state index contributed by atoms with van der Waals surface area (Å²) in [5.41, 5.74) is 2.49. The van der Waals surface area contributed by atoms with Crippen LogP contribution < -0.4 is 5.32 Å². The number of carbonyl (C=O) groups is 1. The molecule has 1 aliphatic heterocycles. The first-order valence-corrected chi connectivity index (χ1v) is 11.1. The van der Waals surface area contributed by atoms with Gasteiger partial charge in [-0.15, -0.1) is 10.2 Å². The number of anilines is 1. The van der Waals surface area contributed by atoms with Gasteiger partial charge in [-0.05, 0) is 49.6 Å². The van der Waals surface area contributed by atoms with Gasteiger partial charge in [-0.25, -0.2) is 0 Å². The zero-order chi connectivity index (χ0) is 20.9. The predicted octanol–water partition coefficient (Wildman–Crippen LogP) is 4.21. The molecule has 4 rings (SSSR count). The topological polar surface area (TPSA) is 81.9 Å². The van der Waals surface area contributed by atoms with Crippen LogP contribution in [0.2, 0.25) is 5.02 Å². The lowest BCUT2D eigenvalue weighted by Crippen LogP contribution is -2.18. The number of halogens is 1. The van der Waals surface area contributed by atoms with Gasteiger partial charge in [0.1, 0.15) is 0 Å². The van der Waals surface area contributed by atoms with Crippen LogP contribution in [0.3, 0.4) is 0 Å². The van der Waals surface area contributed by atoms with Crippen LogP contribution in [0.25, 0.3) is 11.4 Å². The Labute approximate surface area is 184 Å². The third-order valence-corrected chi connectivity index (χ3v) is 6.32. The van der Waals surface area contributed by atoms with Crippen LogP contribution >= 0.6 is 23.4 Å². The van der Waals surface area contributed by atoms with E-state index in [1.165, 1.54) is 11.8 Å². The molecule has 0 saturated carbocycles. The van der Waals surface area contributed by atoms with E-state index in [0.717, 1.165) is 36.4 Å². The summed E-state index contributed by atoms with van der Waals surface area (Å²) in [5, 5.41) is 13.0. The van der Waals surface area contributed by atoms with Crippen molar-refractivity contribution in [2.24, 2.45) is 0 Å². The maximum Gasteiger partial charge on any atom is 0.234 e. The van der Waals surface area contributed by atoms with Crippen LogP contribution in [0.15, 0.2) is 47.9 Å². The number of thioether (sulfide) groups is 1. The Hall–Kier alpha value is -2.42. The summed E-state index contributed by atoms with van der Waals surface area (Å²) in [6.45, 7) is 3.31. The summed E-state index contributed by atoms with van der Waals surface area (Å²) in [7, 11) is 0. The van der Waals surface area contributed by atoms with Crippen molar-refractivity contribution in [1.29, 1.82) is 0 Å². The van der Waals surface area contributed by atoms with Crippen molar-refractivity contribution < 1.29 is 9.53 Å². The second-order valence-electron chi connectivity index (χ2n) is 7.04. The number of ether oxygens (including phenoxy) is 1. The Kier molecular flexibility index (Phi) is 6.66. The molecule has 7 nitrogen and oxygen atoms in total. The molecular weight excluding hydrogens is 422 g/mol. The van der Waals surface area contributed by atoms with E-state index in [1.54, 1.807) is 18.5 Å². The molecule has 30 heavy (non-hydrogen) atoms. The largest absolute Gasteiger partial charge is 0.376 e. The number of benzene rings is 1. The highest BCUT2D eigenvalue weighted by atomic mass is 35.5. The van der Waals surface area contributed by atoms with Crippen molar-refractivity contribution >= 4 is 35.0 Å². The highest BCUT2D eigenvalue weighted by Crippen LogP contribution is 2.27. The molecule has 0 spiro atoms. The Morgan fingerprint density at radius 3 is 2.90 bits per heavy atom. The predicted molar refractivity (Wildman–Crippen MR) is 118 cm³/mol. The van der Waals surface area contributed by atoms with Crippen molar-refractivity contribution in [3.8, 4) is 11.4 Å². The maximum atomic E-state index is 12.5. The lowest BCUT2D eigenvalue weighted by molar-refractivity contribution is -0.113. The van der Waals surface area contributed by atoms with E-state index < -0.39 is 0 Å². The number of hydrogen-bond acceptors (Lipinski definition) is 6. The number of hydrogen-bond donors (Lipinski definition) is 1. The van der Waals surface area contributed by atoms with E-state index in [2.05, 4.69) is 20.5 Å². The normalized spacial score (nSPS) is 16.0. The van der Waals surface area contributed by atoms with Crippen molar-refractivity contribution in [2.45, 2.75) is 37.6 Å². The van der Waals surface area contributed by atoms with Gasteiger partial charge in [-0.1, -0.05) is 29.4 Å². The molecule has 2 aromatic heterocycles. The van der Waals surface area contributed by atoms with Gasteiger partial charge in [-0.3, -0.25) is 14.3 Å². The first-order valence-electron chi connectivity index (χ1n) is 9.75. The van der Waals surface area contributed by atoms with Gasteiger partial charge >= 0.3 is 0 Å². The van der Waals surface area contributed by atoms with E-state index in [1.807, 2.05) is 35.8 Å². The minimum Gasteiger partial charge on any atom is -0.376 e. The first-order chi connectivity index (χ1) is 14.6. The van der Waals surface area contributed by atoms with E-state index in [-0.39, 0.29) is 17.8 Å². The average Bonchev–Trinajstić information content (AvgIpc) is 3.41. The van der Waals surface area contributed by atoms with Crippen molar-refractivity contribution in [3.05, 3.63) is 53.3 Å². The van der Waals surface area contributed by atoms with Crippen molar-refractivity contribution in [3.63, 3.8) is 0 Å². The van der Waals surface area contributed by atoms with Crippen LogP contribution in [-0.2, 0) is 16.1 Å². The van der Waals surface area contributed by atoms with Gasteiger partial charge in [0.2, 0.25) is 5.91 Å². The molecule has 0 bridgehead atoms. The molecule has 1 aromatic carbocycles. The summed E-state index contributed by atoms with van der Waals surface area (Å²) in [6.07, 6.45) is 5.65. The molecule has 3 heterocycles. The number of carbonyl (C=O) groups excluding carboxylic acids is 1. The number of pyridine rings is 1. The van der Waals surface area contributed by atoms with Crippen molar-refractivity contribution in [2.75, 3.05) is 17.7 Å². The van der Waals surface area contributed by atoms with Crippen LogP contribution in [0, 0.1) is 6.92 Å². The molecular formula is C21H22ClN5O2S. The summed E-state index contributed by atoms with van der Waals surface area (Å²) < 4.78 is 7.85. The van der Waals surface area contributed by atoms with Crippen LogP contribution in [0.1, 0.15) is 18.4 Å². The Morgan fingerprint density at radius 2 is 2.13 bits per heavy atom. The van der Waals surface area contributed by atoms with Gasteiger partial charge in [0.25, 0.3) is 0 Å². The lowest BCUT2D eigenvalue weighted by atomic mass is 10.2. The minimum atomic E-state index is -0.123. The van der Waals surface area contributed by atoms with Crippen LogP contribution in [0.4, 0.5) is 5.69 Å². The van der Waals surface area contributed by atoms with Gasteiger partial charge in [0.05, 0.1) is 18.4 Å². The quantitative estimate of drug-likeness (QED) is 0.551. The third-order valence-electron chi connectivity index (χ3n) is 4.94. The SMILES string of the molecule is Cc1c(Cl)cccc1NC(=O)CSc1nnc(-c2ccncc2)n1C[C@@H]1CCCO1. The molecule has 9 heteroatoms. The summed E-state index contributed by atoms with van der Waals surface area (Å²) in [5.74, 6) is 0.843. The maximum absolute atomic E-state index is 12.5. The summed E-state index contributed by atoms with van der Waals surface area (Å²) >= 11 is 7.50. The number of rotatable bonds is 7. The van der Waals surface area contributed by atoms with Gasteiger partial charge in [-0.2, -0.15) is 0 Å².